The molecule has 0 atom stereocenters. The molecule has 0 radical (unpaired) electrons. The fourth-order valence-corrected chi connectivity index (χ4v) is 2.31. The van der Waals surface area contributed by atoms with Crippen molar-refractivity contribution in [1.82, 2.24) is 0 Å². The predicted molar refractivity (Wildman–Crippen MR) is 58.8 cm³/mol. The van der Waals surface area contributed by atoms with Crippen LogP contribution in [0, 0.1) is 6.92 Å². The first-order valence-electron chi connectivity index (χ1n) is 4.76. The number of thioether (sulfide) groups is 1. The Morgan fingerprint density at radius 2 is 1.94 bits per heavy atom. The molecule has 0 aromatic heterocycles. The predicted octanol–water partition coefficient (Wildman–Crippen LogP) is 3.27. The van der Waals surface area contributed by atoms with Crippen LogP contribution in [-0.2, 0) is 12.6 Å². The number of benzene rings is 1. The summed E-state index contributed by atoms with van der Waals surface area (Å²) in [6.45, 7) is 1.19. The molecule has 0 aliphatic rings. The van der Waals surface area contributed by atoms with Crippen LogP contribution in [0.15, 0.2) is 17.0 Å². The van der Waals surface area contributed by atoms with E-state index in [0.717, 1.165) is 0 Å². The highest BCUT2D eigenvalue weighted by Gasteiger charge is 2.35. The van der Waals surface area contributed by atoms with Crippen molar-refractivity contribution in [1.29, 1.82) is 0 Å². The molecule has 0 amide bonds. The van der Waals surface area contributed by atoms with E-state index in [-0.39, 0.29) is 24.2 Å². The van der Waals surface area contributed by atoms with E-state index in [9.17, 15) is 13.2 Å². The summed E-state index contributed by atoms with van der Waals surface area (Å²) in [4.78, 5) is 0.619. The van der Waals surface area contributed by atoms with Crippen LogP contribution in [0.4, 0.5) is 13.2 Å². The van der Waals surface area contributed by atoms with Crippen LogP contribution < -0.4 is 0 Å². The second-order valence-electron chi connectivity index (χ2n) is 3.40. The quantitative estimate of drug-likeness (QED) is 0.831. The van der Waals surface area contributed by atoms with Crippen LogP contribution >= 0.6 is 11.8 Å². The molecule has 0 saturated heterocycles. The van der Waals surface area contributed by atoms with Gasteiger partial charge in [-0.1, -0.05) is 6.07 Å². The number of aliphatic hydroxyl groups excluding tert-OH is 1. The molecule has 0 aliphatic heterocycles. The maximum atomic E-state index is 12.9. The highest BCUT2D eigenvalue weighted by Crippen LogP contribution is 2.38. The van der Waals surface area contributed by atoms with Crippen molar-refractivity contribution in [2.75, 3.05) is 12.9 Å². The summed E-state index contributed by atoms with van der Waals surface area (Å²) in [5.41, 5.74) is -0.204. The summed E-state index contributed by atoms with van der Waals surface area (Å²) in [7, 11) is 0. The normalized spacial score (nSPS) is 11.9. The van der Waals surface area contributed by atoms with E-state index in [1.54, 1.807) is 12.3 Å². The highest BCUT2D eigenvalue weighted by atomic mass is 32.2. The minimum Gasteiger partial charge on any atom is -0.396 e. The Morgan fingerprint density at radius 1 is 1.31 bits per heavy atom. The Hall–Kier alpha value is -0.680. The van der Waals surface area contributed by atoms with Gasteiger partial charge in [0.05, 0.1) is 5.56 Å². The first-order chi connectivity index (χ1) is 7.41. The lowest BCUT2D eigenvalue weighted by atomic mass is 9.99. The average Bonchev–Trinajstić information content (AvgIpc) is 2.16. The summed E-state index contributed by atoms with van der Waals surface area (Å²) in [6, 6.07) is 3.11. The molecule has 0 unspecified atom stereocenters. The smallest absolute Gasteiger partial charge is 0.396 e. The van der Waals surface area contributed by atoms with E-state index < -0.39 is 11.7 Å². The van der Waals surface area contributed by atoms with Crippen molar-refractivity contribution in [3.05, 3.63) is 28.8 Å². The van der Waals surface area contributed by atoms with Crippen LogP contribution in [-0.4, -0.2) is 18.0 Å². The fourth-order valence-electron chi connectivity index (χ4n) is 1.69. The van der Waals surface area contributed by atoms with Crippen LogP contribution in [0.2, 0.25) is 0 Å². The standard InChI is InChI=1S/C11H13F3OS/c1-7-9(16-2)4-3-8(5-6-15)10(7)11(12,13)14/h3-4,15H,5-6H2,1-2H3. The molecular weight excluding hydrogens is 237 g/mol. The van der Waals surface area contributed by atoms with Gasteiger partial charge in [0.1, 0.15) is 0 Å². The van der Waals surface area contributed by atoms with Gasteiger partial charge in [0.15, 0.2) is 0 Å². The summed E-state index contributed by atoms with van der Waals surface area (Å²) in [6.07, 6.45) is -2.58. The molecule has 5 heteroatoms. The molecule has 0 fully saturated rings. The summed E-state index contributed by atoms with van der Waals surface area (Å²) in [5.74, 6) is 0. The van der Waals surface area contributed by atoms with Crippen molar-refractivity contribution in [2.24, 2.45) is 0 Å². The summed E-state index contributed by atoms with van der Waals surface area (Å²) < 4.78 is 38.6. The molecule has 0 spiro atoms. The zero-order chi connectivity index (χ0) is 12.3. The van der Waals surface area contributed by atoms with Crippen LogP contribution in [0.3, 0.4) is 0 Å². The lowest BCUT2D eigenvalue weighted by Crippen LogP contribution is -2.13. The molecule has 1 aromatic rings. The highest BCUT2D eigenvalue weighted by molar-refractivity contribution is 7.98. The third-order valence-corrected chi connectivity index (χ3v) is 3.27. The van der Waals surface area contributed by atoms with Gasteiger partial charge in [-0.15, -0.1) is 11.8 Å². The van der Waals surface area contributed by atoms with Crippen molar-refractivity contribution in [3.8, 4) is 0 Å². The largest absolute Gasteiger partial charge is 0.416 e. The molecule has 1 aromatic carbocycles. The maximum Gasteiger partial charge on any atom is 0.416 e. The molecule has 1 N–H and O–H groups in total. The van der Waals surface area contributed by atoms with Gasteiger partial charge in [-0.05, 0) is 36.8 Å². The zero-order valence-corrected chi connectivity index (χ0v) is 9.87. The molecule has 0 bridgehead atoms. The molecule has 90 valence electrons. The van der Waals surface area contributed by atoms with E-state index in [1.165, 1.54) is 24.8 Å². The van der Waals surface area contributed by atoms with Gasteiger partial charge in [0.2, 0.25) is 0 Å². The van der Waals surface area contributed by atoms with E-state index >= 15 is 0 Å². The van der Waals surface area contributed by atoms with E-state index in [1.807, 2.05) is 0 Å². The van der Waals surface area contributed by atoms with E-state index in [0.29, 0.717) is 4.90 Å². The van der Waals surface area contributed by atoms with Gasteiger partial charge in [-0.2, -0.15) is 13.2 Å². The SMILES string of the molecule is CSc1ccc(CCO)c(C(F)(F)F)c1C. The minimum atomic E-state index is -4.36. The van der Waals surface area contributed by atoms with Crippen LogP contribution in [0.25, 0.3) is 0 Å². The van der Waals surface area contributed by atoms with Gasteiger partial charge < -0.3 is 5.11 Å². The van der Waals surface area contributed by atoms with E-state index in [4.69, 9.17) is 5.11 Å². The first-order valence-corrected chi connectivity index (χ1v) is 5.98. The second kappa shape index (κ2) is 5.10. The first kappa shape index (κ1) is 13.4. The number of hydrogen-bond acceptors (Lipinski definition) is 2. The van der Waals surface area contributed by atoms with Gasteiger partial charge in [0, 0.05) is 11.5 Å². The molecule has 0 aliphatic carbocycles. The fraction of sp³-hybridized carbons (Fsp3) is 0.455. The lowest BCUT2D eigenvalue weighted by molar-refractivity contribution is -0.138. The average molecular weight is 250 g/mol. The third-order valence-electron chi connectivity index (χ3n) is 2.39. The van der Waals surface area contributed by atoms with Crippen molar-refractivity contribution in [3.63, 3.8) is 0 Å². The topological polar surface area (TPSA) is 20.2 Å². The number of hydrogen-bond donors (Lipinski definition) is 1. The van der Waals surface area contributed by atoms with Gasteiger partial charge in [-0.25, -0.2) is 0 Å². The Balaban J connectivity index is 3.37. The lowest BCUT2D eigenvalue weighted by Gasteiger charge is -2.17. The Bertz CT molecular complexity index is 374. The summed E-state index contributed by atoms with van der Waals surface area (Å²) in [5, 5.41) is 8.75. The molecule has 1 rings (SSSR count). The van der Waals surface area contributed by atoms with Crippen molar-refractivity contribution >= 4 is 11.8 Å². The monoisotopic (exact) mass is 250 g/mol. The Kier molecular flexibility index (Phi) is 4.27. The van der Waals surface area contributed by atoms with Crippen molar-refractivity contribution < 1.29 is 18.3 Å². The number of rotatable bonds is 3. The number of alkyl halides is 3. The second-order valence-corrected chi connectivity index (χ2v) is 4.25. The molecule has 16 heavy (non-hydrogen) atoms. The minimum absolute atomic E-state index is 0.0321. The molecule has 0 saturated carbocycles. The zero-order valence-electron chi connectivity index (χ0n) is 9.06. The number of aliphatic hydroxyl groups is 1. The Morgan fingerprint density at radius 3 is 2.38 bits per heavy atom. The van der Waals surface area contributed by atoms with Crippen LogP contribution in [0.1, 0.15) is 16.7 Å². The van der Waals surface area contributed by atoms with Crippen LogP contribution in [0.5, 0.6) is 0 Å². The van der Waals surface area contributed by atoms with Gasteiger partial charge in [-0.3, -0.25) is 0 Å². The maximum absolute atomic E-state index is 12.9. The molecular formula is C11H13F3OS. The van der Waals surface area contributed by atoms with Gasteiger partial charge in [0.25, 0.3) is 0 Å². The third kappa shape index (κ3) is 2.71. The van der Waals surface area contributed by atoms with Gasteiger partial charge >= 0.3 is 6.18 Å². The van der Waals surface area contributed by atoms with Crippen molar-refractivity contribution in [2.45, 2.75) is 24.4 Å². The van der Waals surface area contributed by atoms with E-state index in [2.05, 4.69) is 0 Å². The molecule has 1 nitrogen and oxygen atoms in total. The number of halogens is 3. The summed E-state index contributed by atoms with van der Waals surface area (Å²) >= 11 is 1.29. The molecule has 0 heterocycles. The Labute approximate surface area is 96.7 Å².